The standard InChI is InChI=1S/C31H45N3O6S/c1-6-31(39)15-11-24-22-8-7-20-17-21(9-13-29(20,3)23(22)10-14-30(24,31)4)34-40-18-26(35)32-19(2)27(36)33-25(28(37)38)12-16-41-5/h1,17,19,22-25,39H,7-16,18H2,2-5H3,(H,32,35)(H,33,36)(H,37,38)/b34-21-/t19-,22+,23-,24-,25+,29-,30-,31-/m0/s1. The molecule has 4 N–H and O–H groups in total. The van der Waals surface area contributed by atoms with Gasteiger partial charge in [-0.1, -0.05) is 30.5 Å². The van der Waals surface area contributed by atoms with Crippen LogP contribution in [0.25, 0.3) is 0 Å². The molecular formula is C31H45N3O6S. The number of thioether (sulfide) groups is 1. The van der Waals surface area contributed by atoms with E-state index in [1.54, 1.807) is 0 Å². The van der Waals surface area contributed by atoms with Crippen LogP contribution < -0.4 is 10.6 Å². The molecule has 0 heterocycles. The van der Waals surface area contributed by atoms with Crippen LogP contribution in [0.3, 0.4) is 0 Å². The summed E-state index contributed by atoms with van der Waals surface area (Å²) in [6.45, 7) is 5.76. The summed E-state index contributed by atoms with van der Waals surface area (Å²) in [6.07, 6.45) is 17.6. The minimum absolute atomic E-state index is 0.0872. The number of allylic oxidation sites excluding steroid dienone is 2. The van der Waals surface area contributed by atoms with E-state index >= 15 is 0 Å². The van der Waals surface area contributed by atoms with Crippen LogP contribution in [-0.2, 0) is 19.2 Å². The minimum Gasteiger partial charge on any atom is -0.480 e. The third-order valence-corrected chi connectivity index (χ3v) is 11.4. The number of aliphatic carboxylic acids is 1. The quantitative estimate of drug-likeness (QED) is 0.227. The van der Waals surface area contributed by atoms with Crippen molar-refractivity contribution in [2.75, 3.05) is 18.6 Å². The predicted octanol–water partition coefficient (Wildman–Crippen LogP) is 3.51. The predicted molar refractivity (Wildman–Crippen MR) is 159 cm³/mol. The Balaban J connectivity index is 1.31. The molecule has 4 aliphatic carbocycles. The number of nitrogens with one attached hydrogen (secondary N) is 2. The summed E-state index contributed by atoms with van der Waals surface area (Å²) in [4.78, 5) is 41.5. The molecule has 8 atom stereocenters. The zero-order valence-corrected chi connectivity index (χ0v) is 25.5. The van der Waals surface area contributed by atoms with Crippen molar-refractivity contribution < 1.29 is 29.4 Å². The molecule has 0 radical (unpaired) electrons. The normalized spacial score (nSPS) is 36.4. The zero-order chi connectivity index (χ0) is 30.0. The fourth-order valence-electron chi connectivity index (χ4n) is 8.21. The van der Waals surface area contributed by atoms with Gasteiger partial charge < -0.3 is 25.7 Å². The van der Waals surface area contributed by atoms with Gasteiger partial charge >= 0.3 is 5.97 Å². The molecule has 9 nitrogen and oxygen atoms in total. The van der Waals surface area contributed by atoms with E-state index in [4.69, 9.17) is 11.3 Å². The van der Waals surface area contributed by atoms with Gasteiger partial charge in [-0.25, -0.2) is 4.79 Å². The van der Waals surface area contributed by atoms with Crippen LogP contribution in [0.1, 0.15) is 78.6 Å². The summed E-state index contributed by atoms with van der Waals surface area (Å²) < 4.78 is 0. The average molecular weight is 588 g/mol. The Hall–Kier alpha value is -2.51. The van der Waals surface area contributed by atoms with E-state index in [0.29, 0.717) is 36.3 Å². The van der Waals surface area contributed by atoms with Crippen LogP contribution in [0, 0.1) is 40.9 Å². The van der Waals surface area contributed by atoms with Crippen molar-refractivity contribution in [2.24, 2.45) is 33.7 Å². The highest BCUT2D eigenvalue weighted by molar-refractivity contribution is 7.98. The summed E-state index contributed by atoms with van der Waals surface area (Å²) in [5.74, 6) is 2.75. The summed E-state index contributed by atoms with van der Waals surface area (Å²) >= 11 is 1.50. The molecule has 3 fully saturated rings. The Morgan fingerprint density at radius 1 is 1.17 bits per heavy atom. The van der Waals surface area contributed by atoms with Crippen molar-refractivity contribution in [3.63, 3.8) is 0 Å². The third kappa shape index (κ3) is 6.03. The smallest absolute Gasteiger partial charge is 0.326 e. The number of carboxylic acids is 1. The van der Waals surface area contributed by atoms with Gasteiger partial charge in [-0.2, -0.15) is 11.8 Å². The molecule has 4 rings (SSSR count). The van der Waals surface area contributed by atoms with Gasteiger partial charge in [0.2, 0.25) is 5.91 Å². The number of aliphatic hydroxyl groups is 1. The molecular weight excluding hydrogens is 542 g/mol. The molecule has 0 spiro atoms. The van der Waals surface area contributed by atoms with Crippen LogP contribution in [-0.4, -0.2) is 70.0 Å². The van der Waals surface area contributed by atoms with Gasteiger partial charge in [0, 0.05) is 5.41 Å². The van der Waals surface area contributed by atoms with E-state index in [1.165, 1.54) is 24.3 Å². The lowest BCUT2D eigenvalue weighted by atomic mass is 9.46. The molecule has 0 aromatic heterocycles. The van der Waals surface area contributed by atoms with Gasteiger partial charge in [-0.3, -0.25) is 9.59 Å². The molecule has 4 aliphatic rings. The highest BCUT2D eigenvalue weighted by Gasteiger charge is 2.63. The van der Waals surface area contributed by atoms with Gasteiger partial charge in [-0.05, 0) is 106 Å². The van der Waals surface area contributed by atoms with E-state index in [9.17, 15) is 24.6 Å². The number of terminal acetylenes is 1. The summed E-state index contributed by atoms with van der Waals surface area (Å²) in [7, 11) is 0. The first-order valence-electron chi connectivity index (χ1n) is 14.8. The average Bonchev–Trinajstić information content (AvgIpc) is 3.21. The summed E-state index contributed by atoms with van der Waals surface area (Å²) in [5, 5.41) is 29.8. The second-order valence-electron chi connectivity index (χ2n) is 12.8. The van der Waals surface area contributed by atoms with E-state index < -0.39 is 35.5 Å². The van der Waals surface area contributed by atoms with Crippen LogP contribution >= 0.6 is 11.8 Å². The molecule has 41 heavy (non-hydrogen) atoms. The molecule has 0 aliphatic heterocycles. The third-order valence-electron chi connectivity index (χ3n) is 10.7. The number of amides is 2. The van der Waals surface area contributed by atoms with Gasteiger partial charge in [0.15, 0.2) is 6.61 Å². The summed E-state index contributed by atoms with van der Waals surface area (Å²) in [5.41, 5.74) is 1.09. The SMILES string of the molecule is C#C[C@]1(O)CC[C@H]2[C@@H]3CCC4=C/C(=N\OCC(=O)N[C@@H](C)C(=O)N[C@H](CCSC)C(=O)O)CC[C@]4(C)[C@H]3CC[C@@]21C. The molecule has 0 saturated heterocycles. The Bertz CT molecular complexity index is 1150. The fraction of sp³-hybridized carbons (Fsp3) is 0.742. The molecule has 0 aromatic rings. The lowest BCUT2D eigenvalue weighted by Gasteiger charge is -2.58. The number of rotatable bonds is 10. The number of carboxylic acid groups (broad SMARTS) is 1. The minimum atomic E-state index is -1.10. The first-order chi connectivity index (χ1) is 19.4. The van der Waals surface area contributed by atoms with Crippen molar-refractivity contribution in [1.82, 2.24) is 10.6 Å². The number of carbonyl (C=O) groups is 3. The number of carbonyl (C=O) groups excluding carboxylic acids is 2. The van der Waals surface area contributed by atoms with Crippen molar-refractivity contribution >= 4 is 35.3 Å². The van der Waals surface area contributed by atoms with E-state index in [-0.39, 0.29) is 17.4 Å². The zero-order valence-electron chi connectivity index (χ0n) is 24.7. The first kappa shape index (κ1) is 31.4. The van der Waals surface area contributed by atoms with Crippen molar-refractivity contribution in [3.8, 4) is 12.3 Å². The lowest BCUT2D eigenvalue weighted by Crippen LogP contribution is -2.54. The second-order valence-corrected chi connectivity index (χ2v) is 13.8. The van der Waals surface area contributed by atoms with Crippen molar-refractivity contribution in [2.45, 2.75) is 96.2 Å². The second kappa shape index (κ2) is 12.4. The number of oxime groups is 1. The van der Waals surface area contributed by atoms with Gasteiger partial charge in [0.25, 0.3) is 5.91 Å². The van der Waals surface area contributed by atoms with Gasteiger partial charge in [0.05, 0.1) is 5.71 Å². The molecule has 0 bridgehead atoms. The van der Waals surface area contributed by atoms with Crippen LogP contribution in [0.4, 0.5) is 0 Å². The molecule has 0 aromatic carbocycles. The molecule has 2 amide bonds. The fourth-order valence-corrected chi connectivity index (χ4v) is 8.68. The maximum absolute atomic E-state index is 12.4. The summed E-state index contributed by atoms with van der Waals surface area (Å²) in [6, 6.07) is -1.91. The Kier molecular flexibility index (Phi) is 9.49. The number of nitrogens with zero attached hydrogens (tertiary/aromatic N) is 1. The van der Waals surface area contributed by atoms with E-state index in [0.717, 1.165) is 50.7 Å². The van der Waals surface area contributed by atoms with Gasteiger partial charge in [-0.15, -0.1) is 6.42 Å². The number of hydrogen-bond donors (Lipinski definition) is 4. The number of hydrogen-bond acceptors (Lipinski definition) is 7. The molecule has 226 valence electrons. The molecule has 10 heteroatoms. The van der Waals surface area contributed by atoms with Crippen LogP contribution in [0.2, 0.25) is 0 Å². The Morgan fingerprint density at radius 2 is 1.90 bits per heavy atom. The molecule has 0 unspecified atom stereocenters. The lowest BCUT2D eigenvalue weighted by molar-refractivity contribution is -0.142. The van der Waals surface area contributed by atoms with Gasteiger partial charge in [0.1, 0.15) is 17.7 Å². The highest BCUT2D eigenvalue weighted by Crippen LogP contribution is 2.67. The maximum Gasteiger partial charge on any atom is 0.326 e. The Labute approximate surface area is 247 Å². The van der Waals surface area contributed by atoms with Crippen LogP contribution in [0.15, 0.2) is 16.8 Å². The molecule has 3 saturated carbocycles. The largest absolute Gasteiger partial charge is 0.480 e. The van der Waals surface area contributed by atoms with E-state index in [1.807, 2.05) is 6.26 Å². The topological polar surface area (TPSA) is 137 Å². The number of fused-ring (bicyclic) bond motifs is 5. The van der Waals surface area contributed by atoms with Crippen molar-refractivity contribution in [1.29, 1.82) is 0 Å². The maximum atomic E-state index is 12.4. The monoisotopic (exact) mass is 587 g/mol. The highest BCUT2D eigenvalue weighted by atomic mass is 32.2. The van der Waals surface area contributed by atoms with Crippen LogP contribution in [0.5, 0.6) is 0 Å². The Morgan fingerprint density at radius 3 is 2.59 bits per heavy atom. The van der Waals surface area contributed by atoms with E-state index in [2.05, 4.69) is 41.6 Å². The van der Waals surface area contributed by atoms with Crippen molar-refractivity contribution in [3.05, 3.63) is 11.6 Å². The first-order valence-corrected chi connectivity index (χ1v) is 16.2.